The Morgan fingerprint density at radius 3 is 2.32 bits per heavy atom. The van der Waals surface area contributed by atoms with Crippen LogP contribution < -0.4 is 0 Å². The maximum Gasteiger partial charge on any atom is 0.160 e. The van der Waals surface area contributed by atoms with Crippen LogP contribution in [0.15, 0.2) is 24.1 Å². The molecule has 124 valence electrons. The fourth-order valence-corrected chi connectivity index (χ4v) is 4.23. The summed E-state index contributed by atoms with van der Waals surface area (Å²) < 4.78 is 25.1. The van der Waals surface area contributed by atoms with E-state index in [0.717, 1.165) is 37.9 Å². The molecule has 3 heteroatoms. The summed E-state index contributed by atoms with van der Waals surface area (Å²) in [4.78, 5) is 0. The molecule has 1 aliphatic heterocycles. The lowest BCUT2D eigenvalue weighted by Crippen LogP contribution is -2.40. The van der Waals surface area contributed by atoms with Crippen LogP contribution in [0.1, 0.15) is 51.9 Å². The first-order valence-electron chi connectivity index (χ1n) is 8.96. The lowest BCUT2D eigenvalue weighted by molar-refractivity contribution is -0.233. The molecule has 1 saturated heterocycles. The summed E-state index contributed by atoms with van der Waals surface area (Å²) in [6.07, 6.45) is 13.5. The normalized spacial score (nSPS) is 40.6. The second-order valence-electron chi connectivity index (χ2n) is 7.18. The van der Waals surface area contributed by atoms with Gasteiger partial charge in [0.1, 0.15) is 0 Å². The minimum absolute atomic E-state index is 0.0304. The lowest BCUT2D eigenvalue weighted by atomic mass is 9.76. The zero-order valence-electron chi connectivity index (χ0n) is 13.7. The highest BCUT2D eigenvalue weighted by molar-refractivity contribution is 4.98. The highest BCUT2D eigenvalue weighted by atomic mass is 19.1. The van der Waals surface area contributed by atoms with Crippen molar-refractivity contribution in [2.75, 3.05) is 13.2 Å². The Bertz CT molecular complexity index is 402. The van der Waals surface area contributed by atoms with E-state index >= 15 is 0 Å². The second kappa shape index (κ2) is 7.74. The molecule has 1 unspecified atom stereocenters. The molecule has 1 atom stereocenters. The van der Waals surface area contributed by atoms with Gasteiger partial charge in [0.15, 0.2) is 6.29 Å². The summed E-state index contributed by atoms with van der Waals surface area (Å²) in [5.41, 5.74) is 0. The number of hydrogen-bond donors (Lipinski definition) is 0. The van der Waals surface area contributed by atoms with E-state index in [2.05, 4.69) is 19.1 Å². The quantitative estimate of drug-likeness (QED) is 0.682. The molecule has 0 amide bonds. The van der Waals surface area contributed by atoms with Crippen LogP contribution in [0.3, 0.4) is 0 Å². The van der Waals surface area contributed by atoms with Crippen molar-refractivity contribution >= 4 is 0 Å². The van der Waals surface area contributed by atoms with Crippen molar-refractivity contribution < 1.29 is 13.9 Å². The largest absolute Gasteiger partial charge is 0.352 e. The highest BCUT2D eigenvalue weighted by Crippen LogP contribution is 2.37. The van der Waals surface area contributed by atoms with Gasteiger partial charge in [-0.1, -0.05) is 18.2 Å². The smallest absolute Gasteiger partial charge is 0.160 e. The molecule has 0 aromatic heterocycles. The van der Waals surface area contributed by atoms with Gasteiger partial charge in [-0.25, -0.2) is 4.39 Å². The molecule has 0 N–H and O–H groups in total. The van der Waals surface area contributed by atoms with Crippen molar-refractivity contribution in [2.45, 2.75) is 58.2 Å². The molecule has 0 aromatic carbocycles. The Kier molecular flexibility index (Phi) is 5.70. The summed E-state index contributed by atoms with van der Waals surface area (Å²) in [6.45, 7) is 3.76. The van der Waals surface area contributed by atoms with Gasteiger partial charge in [-0.05, 0) is 63.7 Å². The van der Waals surface area contributed by atoms with Crippen molar-refractivity contribution in [1.29, 1.82) is 0 Å². The van der Waals surface area contributed by atoms with Gasteiger partial charge in [0, 0.05) is 11.8 Å². The second-order valence-corrected chi connectivity index (χ2v) is 7.18. The first kappa shape index (κ1) is 16.2. The fraction of sp³-hybridized carbons (Fsp3) is 0.789. The fourth-order valence-electron chi connectivity index (χ4n) is 4.23. The summed E-state index contributed by atoms with van der Waals surface area (Å²) in [6, 6.07) is 0. The SMILES string of the molecule is CC=CC1CCC(C2COC(C3CC=C(F)CC3)OC2)CC1. The van der Waals surface area contributed by atoms with Gasteiger partial charge >= 0.3 is 0 Å². The van der Waals surface area contributed by atoms with Crippen LogP contribution in [0.2, 0.25) is 0 Å². The van der Waals surface area contributed by atoms with E-state index in [4.69, 9.17) is 9.47 Å². The number of allylic oxidation sites excluding steroid dienone is 4. The molecular weight excluding hydrogens is 279 g/mol. The lowest BCUT2D eigenvalue weighted by Gasteiger charge is -2.39. The average molecular weight is 308 g/mol. The molecule has 1 saturated carbocycles. The predicted molar refractivity (Wildman–Crippen MR) is 86.0 cm³/mol. The zero-order valence-corrected chi connectivity index (χ0v) is 13.7. The van der Waals surface area contributed by atoms with E-state index in [0.29, 0.717) is 18.3 Å². The van der Waals surface area contributed by atoms with E-state index in [9.17, 15) is 4.39 Å². The molecule has 2 nitrogen and oxygen atoms in total. The molecule has 0 radical (unpaired) electrons. The molecule has 3 aliphatic rings. The summed E-state index contributed by atoms with van der Waals surface area (Å²) in [5, 5.41) is 0. The van der Waals surface area contributed by atoms with Crippen molar-refractivity contribution in [1.82, 2.24) is 0 Å². The van der Waals surface area contributed by atoms with Crippen LogP contribution >= 0.6 is 0 Å². The molecular formula is C19H29FO2. The van der Waals surface area contributed by atoms with Gasteiger partial charge in [-0.15, -0.1) is 0 Å². The Morgan fingerprint density at radius 2 is 1.73 bits per heavy atom. The summed E-state index contributed by atoms with van der Waals surface area (Å²) in [5.74, 6) is 2.46. The van der Waals surface area contributed by atoms with E-state index in [1.165, 1.54) is 25.7 Å². The first-order valence-corrected chi connectivity index (χ1v) is 8.96. The molecule has 2 aliphatic carbocycles. The molecule has 0 spiro atoms. The van der Waals surface area contributed by atoms with Crippen LogP contribution in [0.25, 0.3) is 0 Å². The Balaban J connectivity index is 1.42. The first-order chi connectivity index (χ1) is 10.8. The van der Waals surface area contributed by atoms with Crippen LogP contribution in [-0.2, 0) is 9.47 Å². The van der Waals surface area contributed by atoms with Crippen LogP contribution in [-0.4, -0.2) is 19.5 Å². The molecule has 22 heavy (non-hydrogen) atoms. The van der Waals surface area contributed by atoms with Crippen molar-refractivity contribution in [2.24, 2.45) is 23.7 Å². The van der Waals surface area contributed by atoms with Gasteiger partial charge in [0.25, 0.3) is 0 Å². The number of hydrogen-bond acceptors (Lipinski definition) is 2. The maximum atomic E-state index is 13.1. The topological polar surface area (TPSA) is 18.5 Å². The minimum atomic E-state index is -0.111. The predicted octanol–water partition coefficient (Wildman–Crippen LogP) is 5.01. The van der Waals surface area contributed by atoms with Gasteiger partial charge in [-0.2, -0.15) is 0 Å². The standard InChI is InChI=1S/C19H29FO2/c1-2-3-14-4-6-15(7-5-14)17-12-21-19(22-13-17)16-8-10-18(20)11-9-16/h2-3,10,14-17,19H,4-9,11-13H2,1H3. The summed E-state index contributed by atoms with van der Waals surface area (Å²) >= 11 is 0. The Morgan fingerprint density at radius 1 is 1.00 bits per heavy atom. The van der Waals surface area contributed by atoms with Crippen LogP contribution in [0, 0.1) is 23.7 Å². The minimum Gasteiger partial charge on any atom is -0.352 e. The van der Waals surface area contributed by atoms with Gasteiger partial charge in [0.05, 0.1) is 19.0 Å². The van der Waals surface area contributed by atoms with Gasteiger partial charge in [0.2, 0.25) is 0 Å². The van der Waals surface area contributed by atoms with E-state index in [-0.39, 0.29) is 12.1 Å². The third-order valence-electron chi connectivity index (χ3n) is 5.68. The zero-order chi connectivity index (χ0) is 15.4. The monoisotopic (exact) mass is 308 g/mol. The van der Waals surface area contributed by atoms with Crippen LogP contribution in [0.4, 0.5) is 4.39 Å². The van der Waals surface area contributed by atoms with Crippen molar-refractivity contribution in [3.05, 3.63) is 24.1 Å². The highest BCUT2D eigenvalue weighted by Gasteiger charge is 2.34. The third-order valence-corrected chi connectivity index (χ3v) is 5.68. The van der Waals surface area contributed by atoms with E-state index < -0.39 is 0 Å². The molecule has 0 bridgehead atoms. The third kappa shape index (κ3) is 3.99. The van der Waals surface area contributed by atoms with Crippen molar-refractivity contribution in [3.63, 3.8) is 0 Å². The Hall–Kier alpha value is -0.670. The number of ether oxygens (including phenoxy) is 2. The number of halogens is 1. The van der Waals surface area contributed by atoms with Gasteiger partial charge in [-0.3, -0.25) is 0 Å². The van der Waals surface area contributed by atoms with Gasteiger partial charge < -0.3 is 9.47 Å². The molecule has 3 rings (SSSR count). The summed E-state index contributed by atoms with van der Waals surface area (Å²) in [7, 11) is 0. The maximum absolute atomic E-state index is 13.1. The average Bonchev–Trinajstić information content (AvgIpc) is 2.57. The van der Waals surface area contributed by atoms with E-state index in [1.807, 2.05) is 0 Å². The van der Waals surface area contributed by atoms with Crippen LogP contribution in [0.5, 0.6) is 0 Å². The molecule has 0 aromatic rings. The van der Waals surface area contributed by atoms with Crippen molar-refractivity contribution in [3.8, 4) is 0 Å². The van der Waals surface area contributed by atoms with E-state index in [1.54, 1.807) is 6.08 Å². The number of rotatable bonds is 3. The molecule has 2 fully saturated rings. The Labute approximate surface area is 133 Å². The molecule has 1 heterocycles.